The number of piperidine rings is 1. The summed E-state index contributed by atoms with van der Waals surface area (Å²) in [6, 6.07) is 0. The highest BCUT2D eigenvalue weighted by atomic mass is 16.4. The Kier molecular flexibility index (Phi) is 5.42. The van der Waals surface area contributed by atoms with Gasteiger partial charge in [0.05, 0.1) is 5.41 Å². The predicted octanol–water partition coefficient (Wildman–Crippen LogP) is 2.10. The Morgan fingerprint density at radius 2 is 1.90 bits per heavy atom. The second-order valence-electron chi connectivity index (χ2n) is 7.58. The quantitative estimate of drug-likeness (QED) is 0.814. The molecule has 1 saturated heterocycles. The summed E-state index contributed by atoms with van der Waals surface area (Å²) in [7, 11) is 0. The van der Waals surface area contributed by atoms with Gasteiger partial charge in [0.2, 0.25) is 5.91 Å². The van der Waals surface area contributed by atoms with Gasteiger partial charge in [0.1, 0.15) is 0 Å². The van der Waals surface area contributed by atoms with E-state index >= 15 is 0 Å². The fourth-order valence-electron chi connectivity index (χ4n) is 2.77. The summed E-state index contributed by atoms with van der Waals surface area (Å²) in [5.41, 5.74) is 4.93. The SMILES string of the molecule is CC(CC(=O)O)C1CCCN(C(=O)C(C)(C)C(C)(C)N)C1. The van der Waals surface area contributed by atoms with Crippen LogP contribution in [-0.4, -0.2) is 40.5 Å². The van der Waals surface area contributed by atoms with Crippen molar-refractivity contribution in [3.63, 3.8) is 0 Å². The highest BCUT2D eigenvalue weighted by Crippen LogP contribution is 2.34. The number of hydrogen-bond donors (Lipinski definition) is 2. The average Bonchev–Trinajstić information content (AvgIpc) is 2.35. The van der Waals surface area contributed by atoms with Crippen LogP contribution in [0.1, 0.15) is 53.9 Å². The molecule has 1 fully saturated rings. The number of carbonyl (C=O) groups is 2. The van der Waals surface area contributed by atoms with Crippen molar-refractivity contribution in [3.8, 4) is 0 Å². The first-order valence-corrected chi connectivity index (χ1v) is 7.77. The molecule has 1 aliphatic heterocycles. The molecular weight excluding hydrogens is 268 g/mol. The number of nitrogens with two attached hydrogens (primary N) is 1. The lowest BCUT2D eigenvalue weighted by Crippen LogP contribution is -2.58. The molecule has 5 heteroatoms. The van der Waals surface area contributed by atoms with Crippen molar-refractivity contribution in [2.75, 3.05) is 13.1 Å². The van der Waals surface area contributed by atoms with Crippen LogP contribution in [0.3, 0.4) is 0 Å². The number of amides is 1. The van der Waals surface area contributed by atoms with E-state index in [1.54, 1.807) is 0 Å². The first-order chi connectivity index (χ1) is 9.46. The monoisotopic (exact) mass is 298 g/mol. The molecule has 1 amide bonds. The van der Waals surface area contributed by atoms with Crippen LogP contribution in [0, 0.1) is 17.3 Å². The highest BCUT2D eigenvalue weighted by Gasteiger charge is 2.43. The lowest BCUT2D eigenvalue weighted by Gasteiger charge is -2.44. The summed E-state index contributed by atoms with van der Waals surface area (Å²) >= 11 is 0. The van der Waals surface area contributed by atoms with Crippen LogP contribution in [-0.2, 0) is 9.59 Å². The molecule has 0 aliphatic carbocycles. The third-order valence-electron chi connectivity index (χ3n) is 5.19. The van der Waals surface area contributed by atoms with Crippen molar-refractivity contribution in [2.45, 2.75) is 59.4 Å². The van der Waals surface area contributed by atoms with Crippen molar-refractivity contribution in [3.05, 3.63) is 0 Å². The van der Waals surface area contributed by atoms with Gasteiger partial charge >= 0.3 is 5.97 Å². The summed E-state index contributed by atoms with van der Waals surface area (Å²) in [5.74, 6) is -0.348. The largest absolute Gasteiger partial charge is 0.481 e. The van der Waals surface area contributed by atoms with Gasteiger partial charge in [-0.1, -0.05) is 6.92 Å². The highest BCUT2D eigenvalue weighted by molar-refractivity contribution is 5.83. The molecule has 0 bridgehead atoms. The summed E-state index contributed by atoms with van der Waals surface area (Å²) in [4.78, 5) is 25.5. The van der Waals surface area contributed by atoms with E-state index in [0.717, 1.165) is 19.4 Å². The first-order valence-electron chi connectivity index (χ1n) is 7.77. The van der Waals surface area contributed by atoms with Crippen LogP contribution in [0.15, 0.2) is 0 Å². The van der Waals surface area contributed by atoms with Crippen LogP contribution in [0.4, 0.5) is 0 Å². The number of likely N-dealkylation sites (tertiary alicyclic amines) is 1. The fourth-order valence-corrected chi connectivity index (χ4v) is 2.77. The third kappa shape index (κ3) is 4.19. The van der Waals surface area contributed by atoms with Gasteiger partial charge in [0.25, 0.3) is 0 Å². The van der Waals surface area contributed by atoms with E-state index in [0.29, 0.717) is 6.54 Å². The van der Waals surface area contributed by atoms with E-state index in [9.17, 15) is 9.59 Å². The minimum Gasteiger partial charge on any atom is -0.481 e. The summed E-state index contributed by atoms with van der Waals surface area (Å²) in [6.45, 7) is 10.9. The molecule has 1 rings (SSSR count). The molecule has 2 atom stereocenters. The maximum absolute atomic E-state index is 12.8. The lowest BCUT2D eigenvalue weighted by molar-refractivity contribution is -0.146. The van der Waals surface area contributed by atoms with E-state index in [4.69, 9.17) is 10.8 Å². The van der Waals surface area contributed by atoms with Gasteiger partial charge in [-0.25, -0.2) is 0 Å². The fraction of sp³-hybridized carbons (Fsp3) is 0.875. The normalized spacial score (nSPS) is 22.0. The predicted molar refractivity (Wildman–Crippen MR) is 82.8 cm³/mol. The molecule has 0 aromatic rings. The van der Waals surface area contributed by atoms with Gasteiger partial charge < -0.3 is 15.7 Å². The molecule has 0 spiro atoms. The smallest absolute Gasteiger partial charge is 0.303 e. The standard InChI is InChI=1S/C16H30N2O3/c1-11(9-13(19)20)12-7-6-8-18(10-12)14(21)15(2,3)16(4,5)17/h11-12H,6-10,17H2,1-5H3,(H,19,20). The van der Waals surface area contributed by atoms with Crippen molar-refractivity contribution < 1.29 is 14.7 Å². The second-order valence-corrected chi connectivity index (χ2v) is 7.58. The molecule has 0 aromatic heterocycles. The number of carbonyl (C=O) groups excluding carboxylic acids is 1. The third-order valence-corrected chi connectivity index (χ3v) is 5.19. The maximum Gasteiger partial charge on any atom is 0.303 e. The average molecular weight is 298 g/mol. The molecule has 1 aliphatic rings. The van der Waals surface area contributed by atoms with Crippen molar-refractivity contribution in [1.29, 1.82) is 0 Å². The van der Waals surface area contributed by atoms with Gasteiger partial charge in [0, 0.05) is 25.0 Å². The van der Waals surface area contributed by atoms with Gasteiger partial charge in [-0.2, -0.15) is 0 Å². The van der Waals surface area contributed by atoms with Gasteiger partial charge in [-0.3, -0.25) is 9.59 Å². The van der Waals surface area contributed by atoms with Crippen molar-refractivity contribution in [2.24, 2.45) is 23.0 Å². The minimum atomic E-state index is -0.769. The molecule has 0 aromatic carbocycles. The first kappa shape index (κ1) is 18.0. The van der Waals surface area contributed by atoms with E-state index < -0.39 is 16.9 Å². The summed E-state index contributed by atoms with van der Waals surface area (Å²) in [5, 5.41) is 8.93. The molecule has 0 saturated carbocycles. The Bertz CT molecular complexity index is 399. The van der Waals surface area contributed by atoms with E-state index in [-0.39, 0.29) is 24.2 Å². The Morgan fingerprint density at radius 1 is 1.33 bits per heavy atom. The maximum atomic E-state index is 12.8. The Hall–Kier alpha value is -1.10. The van der Waals surface area contributed by atoms with Crippen LogP contribution >= 0.6 is 0 Å². The number of carboxylic acids is 1. The lowest BCUT2D eigenvalue weighted by atomic mass is 9.73. The number of rotatable bonds is 5. The molecule has 5 nitrogen and oxygen atoms in total. The topological polar surface area (TPSA) is 83.6 Å². The van der Waals surface area contributed by atoms with E-state index in [2.05, 4.69) is 0 Å². The van der Waals surface area contributed by atoms with Gasteiger partial charge in [-0.05, 0) is 52.4 Å². The molecule has 21 heavy (non-hydrogen) atoms. The zero-order valence-corrected chi connectivity index (χ0v) is 14.0. The number of carboxylic acid groups (broad SMARTS) is 1. The van der Waals surface area contributed by atoms with Crippen molar-refractivity contribution in [1.82, 2.24) is 4.90 Å². The number of aliphatic carboxylic acids is 1. The molecule has 0 radical (unpaired) electrons. The zero-order chi connectivity index (χ0) is 16.4. The molecule has 2 unspecified atom stereocenters. The van der Waals surface area contributed by atoms with Crippen LogP contribution < -0.4 is 5.73 Å². The van der Waals surface area contributed by atoms with Crippen LogP contribution in [0.25, 0.3) is 0 Å². The van der Waals surface area contributed by atoms with E-state index in [1.165, 1.54) is 0 Å². The molecule has 3 N–H and O–H groups in total. The van der Waals surface area contributed by atoms with Crippen molar-refractivity contribution >= 4 is 11.9 Å². The summed E-state index contributed by atoms with van der Waals surface area (Å²) in [6.07, 6.45) is 2.09. The Labute approximate surface area is 127 Å². The second kappa shape index (κ2) is 6.34. The molecule has 1 heterocycles. The minimum absolute atomic E-state index is 0.0715. The number of hydrogen-bond acceptors (Lipinski definition) is 3. The number of nitrogens with zero attached hydrogens (tertiary/aromatic N) is 1. The van der Waals surface area contributed by atoms with Gasteiger partial charge in [0.15, 0.2) is 0 Å². The van der Waals surface area contributed by atoms with Crippen LogP contribution in [0.2, 0.25) is 0 Å². The van der Waals surface area contributed by atoms with Crippen LogP contribution in [0.5, 0.6) is 0 Å². The Balaban J connectivity index is 2.77. The van der Waals surface area contributed by atoms with E-state index in [1.807, 2.05) is 39.5 Å². The van der Waals surface area contributed by atoms with Gasteiger partial charge in [-0.15, -0.1) is 0 Å². The molecular formula is C16H30N2O3. The molecule has 122 valence electrons. The Morgan fingerprint density at radius 3 is 2.38 bits per heavy atom. The zero-order valence-electron chi connectivity index (χ0n) is 14.0. The summed E-state index contributed by atoms with van der Waals surface area (Å²) < 4.78 is 0.